The third-order valence-corrected chi connectivity index (χ3v) is 3.89. The van der Waals surface area contributed by atoms with Crippen molar-refractivity contribution >= 4 is 23.2 Å². The third kappa shape index (κ3) is 5.21. The van der Waals surface area contributed by atoms with Gasteiger partial charge >= 0.3 is 0 Å². The second kappa shape index (κ2) is 8.45. The van der Waals surface area contributed by atoms with Gasteiger partial charge in [0.25, 0.3) is 5.91 Å². The van der Waals surface area contributed by atoms with Crippen LogP contribution in [-0.2, 0) is 4.79 Å². The molecule has 0 aromatic carbocycles. The van der Waals surface area contributed by atoms with E-state index in [2.05, 4.69) is 22.5 Å². The van der Waals surface area contributed by atoms with Gasteiger partial charge in [-0.05, 0) is 31.9 Å². The Morgan fingerprint density at radius 2 is 2.19 bits per heavy atom. The van der Waals surface area contributed by atoms with Gasteiger partial charge in [-0.2, -0.15) is 0 Å². The number of carbonyl (C=O) groups is 2. The average molecular weight is 307 g/mol. The molecule has 0 bridgehead atoms. The van der Waals surface area contributed by atoms with Gasteiger partial charge in [-0.3, -0.25) is 9.59 Å². The van der Waals surface area contributed by atoms with Gasteiger partial charge in [-0.1, -0.05) is 18.8 Å². The highest BCUT2D eigenvalue weighted by atomic mass is 32.1. The molecule has 114 valence electrons. The molecule has 0 fully saturated rings. The maximum absolute atomic E-state index is 12.1. The van der Waals surface area contributed by atoms with Gasteiger partial charge in [0.1, 0.15) is 6.04 Å². The fourth-order valence-electron chi connectivity index (χ4n) is 1.58. The fraction of sp³-hybridized carbons (Fsp3) is 0.467. The Bertz CT molecular complexity index is 569. The topological polar surface area (TPSA) is 84.2 Å². The number of hydrogen-bond donors (Lipinski definition) is 3. The number of rotatable bonds is 5. The number of thiophene rings is 1. The van der Waals surface area contributed by atoms with Crippen LogP contribution >= 0.6 is 11.3 Å². The molecule has 1 heterocycles. The Hall–Kier alpha value is -1.84. The molecule has 0 radical (unpaired) electrons. The summed E-state index contributed by atoms with van der Waals surface area (Å²) >= 11 is 1.31. The normalized spacial score (nSPS) is 11.2. The minimum atomic E-state index is -0.565. The molecule has 0 aliphatic rings. The van der Waals surface area contributed by atoms with Gasteiger partial charge in [0, 0.05) is 6.54 Å². The molecular formula is C15H21N3O2S. The standard InChI is InChI=1S/C15H21N3O2S/c1-4-8-17-14(19)11(3)18-15(20)13-9-10(2)12(21-13)6-5-7-16/h9,11H,4,7-8,16H2,1-3H3,(H,17,19)(H,18,20). The van der Waals surface area contributed by atoms with Crippen LogP contribution in [0.2, 0.25) is 0 Å². The lowest BCUT2D eigenvalue weighted by molar-refractivity contribution is -0.122. The highest BCUT2D eigenvalue weighted by molar-refractivity contribution is 7.14. The zero-order valence-electron chi connectivity index (χ0n) is 12.6. The van der Waals surface area contributed by atoms with Crippen molar-refractivity contribution in [2.24, 2.45) is 5.73 Å². The van der Waals surface area contributed by atoms with Crippen molar-refractivity contribution in [1.82, 2.24) is 10.6 Å². The van der Waals surface area contributed by atoms with Crippen molar-refractivity contribution in [3.63, 3.8) is 0 Å². The van der Waals surface area contributed by atoms with Gasteiger partial charge in [0.2, 0.25) is 5.91 Å². The summed E-state index contributed by atoms with van der Waals surface area (Å²) in [4.78, 5) is 25.2. The van der Waals surface area contributed by atoms with E-state index >= 15 is 0 Å². The summed E-state index contributed by atoms with van der Waals surface area (Å²) < 4.78 is 0. The van der Waals surface area contributed by atoms with Crippen LogP contribution < -0.4 is 16.4 Å². The molecule has 1 atom stereocenters. The third-order valence-electron chi connectivity index (χ3n) is 2.74. The van der Waals surface area contributed by atoms with Crippen LogP contribution in [0.5, 0.6) is 0 Å². The number of aryl methyl sites for hydroxylation is 1. The zero-order chi connectivity index (χ0) is 15.8. The fourth-order valence-corrected chi connectivity index (χ4v) is 2.53. The summed E-state index contributed by atoms with van der Waals surface area (Å²) in [6.07, 6.45) is 0.861. The summed E-state index contributed by atoms with van der Waals surface area (Å²) in [5, 5.41) is 5.43. The molecule has 0 aliphatic heterocycles. The van der Waals surface area contributed by atoms with Gasteiger partial charge in [-0.15, -0.1) is 11.3 Å². The van der Waals surface area contributed by atoms with Crippen molar-refractivity contribution in [2.45, 2.75) is 33.2 Å². The van der Waals surface area contributed by atoms with Gasteiger partial charge in [-0.25, -0.2) is 0 Å². The molecule has 1 aromatic heterocycles. The van der Waals surface area contributed by atoms with Crippen LogP contribution in [0.25, 0.3) is 0 Å². The maximum Gasteiger partial charge on any atom is 0.262 e. The van der Waals surface area contributed by atoms with E-state index in [4.69, 9.17) is 5.73 Å². The first-order chi connectivity index (χ1) is 9.99. The van der Waals surface area contributed by atoms with Crippen LogP contribution in [-0.4, -0.2) is 30.9 Å². The monoisotopic (exact) mass is 307 g/mol. The summed E-state index contributed by atoms with van der Waals surface area (Å²) in [7, 11) is 0. The predicted octanol–water partition coefficient (Wildman–Crippen LogP) is 1.01. The predicted molar refractivity (Wildman–Crippen MR) is 85.2 cm³/mol. The number of nitrogens with one attached hydrogen (secondary N) is 2. The van der Waals surface area contributed by atoms with E-state index in [1.807, 2.05) is 13.8 Å². The number of nitrogens with two attached hydrogens (primary N) is 1. The van der Waals surface area contributed by atoms with E-state index in [9.17, 15) is 9.59 Å². The molecule has 1 unspecified atom stereocenters. The van der Waals surface area contributed by atoms with Crippen LogP contribution in [0.15, 0.2) is 6.07 Å². The number of carbonyl (C=O) groups excluding carboxylic acids is 2. The molecule has 0 saturated carbocycles. The van der Waals surface area contributed by atoms with Gasteiger partial charge < -0.3 is 16.4 Å². The first-order valence-electron chi connectivity index (χ1n) is 6.87. The molecule has 4 N–H and O–H groups in total. The van der Waals surface area contributed by atoms with E-state index in [1.54, 1.807) is 13.0 Å². The summed E-state index contributed by atoms with van der Waals surface area (Å²) in [6.45, 7) is 6.43. The van der Waals surface area contributed by atoms with Crippen LogP contribution in [0.3, 0.4) is 0 Å². The Kier molecular flexibility index (Phi) is 6.92. The minimum Gasteiger partial charge on any atom is -0.354 e. The summed E-state index contributed by atoms with van der Waals surface area (Å²) in [5.74, 6) is 5.27. The van der Waals surface area contributed by atoms with E-state index < -0.39 is 6.04 Å². The van der Waals surface area contributed by atoms with Crippen molar-refractivity contribution < 1.29 is 9.59 Å². The summed E-state index contributed by atoms with van der Waals surface area (Å²) in [6, 6.07) is 1.21. The van der Waals surface area contributed by atoms with E-state index in [1.165, 1.54) is 11.3 Å². The average Bonchev–Trinajstić information content (AvgIpc) is 2.83. The van der Waals surface area contributed by atoms with Gasteiger partial charge in [0.05, 0.1) is 16.3 Å². The Morgan fingerprint density at radius 1 is 1.48 bits per heavy atom. The largest absolute Gasteiger partial charge is 0.354 e. The molecule has 0 spiro atoms. The highest BCUT2D eigenvalue weighted by Gasteiger charge is 2.18. The summed E-state index contributed by atoms with van der Waals surface area (Å²) in [5.41, 5.74) is 6.28. The minimum absolute atomic E-state index is 0.179. The Labute approximate surface area is 129 Å². The Balaban J connectivity index is 2.69. The van der Waals surface area contributed by atoms with Crippen molar-refractivity contribution in [3.8, 4) is 11.8 Å². The molecule has 2 amide bonds. The van der Waals surface area contributed by atoms with Crippen LogP contribution in [0, 0.1) is 18.8 Å². The number of amides is 2. The molecule has 0 saturated heterocycles. The molecule has 1 aromatic rings. The molecule has 21 heavy (non-hydrogen) atoms. The van der Waals surface area contributed by atoms with Crippen molar-refractivity contribution in [3.05, 3.63) is 21.4 Å². The quantitative estimate of drug-likeness (QED) is 0.710. The first kappa shape index (κ1) is 17.2. The lowest BCUT2D eigenvalue weighted by Crippen LogP contribution is -2.44. The van der Waals surface area contributed by atoms with E-state index in [-0.39, 0.29) is 18.4 Å². The van der Waals surface area contributed by atoms with Crippen LogP contribution in [0.1, 0.15) is 40.4 Å². The van der Waals surface area contributed by atoms with Crippen molar-refractivity contribution in [1.29, 1.82) is 0 Å². The number of hydrogen-bond acceptors (Lipinski definition) is 4. The molecule has 5 nitrogen and oxygen atoms in total. The first-order valence-corrected chi connectivity index (χ1v) is 7.69. The molecule has 0 aliphatic carbocycles. The lowest BCUT2D eigenvalue weighted by atomic mass is 10.2. The second-order valence-electron chi connectivity index (χ2n) is 4.61. The molecular weight excluding hydrogens is 286 g/mol. The zero-order valence-corrected chi connectivity index (χ0v) is 13.4. The highest BCUT2D eigenvalue weighted by Crippen LogP contribution is 2.20. The lowest BCUT2D eigenvalue weighted by Gasteiger charge is -2.12. The molecule has 6 heteroatoms. The SMILES string of the molecule is CCCNC(=O)C(C)NC(=O)c1cc(C)c(C#CCN)s1. The van der Waals surface area contributed by atoms with Crippen LogP contribution in [0.4, 0.5) is 0 Å². The smallest absolute Gasteiger partial charge is 0.262 e. The Morgan fingerprint density at radius 3 is 2.81 bits per heavy atom. The molecule has 1 rings (SSSR count). The second-order valence-corrected chi connectivity index (χ2v) is 5.67. The van der Waals surface area contributed by atoms with E-state index in [0.717, 1.165) is 16.9 Å². The van der Waals surface area contributed by atoms with Gasteiger partial charge in [0.15, 0.2) is 0 Å². The van der Waals surface area contributed by atoms with Crippen molar-refractivity contribution in [2.75, 3.05) is 13.1 Å². The maximum atomic E-state index is 12.1. The van der Waals surface area contributed by atoms with E-state index in [0.29, 0.717) is 11.4 Å².